The molecule has 1 fully saturated rings. The van der Waals surface area contributed by atoms with Gasteiger partial charge in [0.1, 0.15) is 6.54 Å². The lowest BCUT2D eigenvalue weighted by Crippen LogP contribution is -2.36. The Morgan fingerprint density at radius 1 is 0.889 bits per heavy atom. The third kappa shape index (κ3) is 8.43. The van der Waals surface area contributed by atoms with Gasteiger partial charge in [-0.3, -0.25) is 24.1 Å². The lowest BCUT2D eigenvalue weighted by Gasteiger charge is -2.14. The van der Waals surface area contributed by atoms with Gasteiger partial charge in [0, 0.05) is 11.4 Å². The van der Waals surface area contributed by atoms with Crippen LogP contribution in [-0.2, 0) is 19.1 Å². The molecule has 0 aliphatic carbocycles. The number of thioether (sulfide) groups is 1. The highest BCUT2D eigenvalue weighted by Crippen LogP contribution is 2.35. The van der Waals surface area contributed by atoms with Crippen molar-refractivity contribution in [2.45, 2.75) is 20.8 Å². The number of carbonyl (C=O) groups is 5. The Bertz CT molecular complexity index is 1710. The quantitative estimate of drug-likeness (QED) is 0.193. The first-order chi connectivity index (χ1) is 21.5. The number of anilines is 2. The van der Waals surface area contributed by atoms with Crippen LogP contribution >= 0.6 is 23.4 Å². The van der Waals surface area contributed by atoms with E-state index in [0.717, 1.165) is 16.0 Å². The fourth-order valence-electron chi connectivity index (χ4n) is 4.16. The van der Waals surface area contributed by atoms with Gasteiger partial charge < -0.3 is 24.8 Å². The Kier molecular flexibility index (Phi) is 10.9. The average molecular weight is 652 g/mol. The molecule has 0 bridgehead atoms. The molecule has 1 saturated heterocycles. The van der Waals surface area contributed by atoms with Crippen molar-refractivity contribution < 1.29 is 38.2 Å². The van der Waals surface area contributed by atoms with Crippen molar-refractivity contribution in [1.29, 1.82) is 0 Å². The molecule has 13 heteroatoms. The molecule has 0 spiro atoms. The van der Waals surface area contributed by atoms with Crippen LogP contribution in [0.2, 0.25) is 5.02 Å². The second-order valence-corrected chi connectivity index (χ2v) is 11.2. The molecular weight excluding hydrogens is 622 g/mol. The molecule has 4 amide bonds. The number of nitrogens with zero attached hydrogens (tertiary/aromatic N) is 1. The lowest BCUT2D eigenvalue weighted by molar-refractivity contribution is -0.127. The second-order valence-electron chi connectivity index (χ2n) is 9.78. The molecule has 0 atom stereocenters. The van der Waals surface area contributed by atoms with E-state index in [0.29, 0.717) is 41.1 Å². The number of imide groups is 1. The Hall–Kier alpha value is -4.81. The molecule has 234 valence electrons. The minimum Gasteiger partial charge on any atom is -0.490 e. The van der Waals surface area contributed by atoms with Gasteiger partial charge in [0.05, 0.1) is 29.2 Å². The second kappa shape index (κ2) is 14.8. The number of esters is 1. The van der Waals surface area contributed by atoms with Crippen molar-refractivity contribution in [2.24, 2.45) is 0 Å². The van der Waals surface area contributed by atoms with E-state index in [1.807, 2.05) is 32.0 Å². The lowest BCUT2D eigenvalue weighted by atomic mass is 10.1. The predicted molar refractivity (Wildman–Crippen MR) is 172 cm³/mol. The predicted octanol–water partition coefficient (Wildman–Crippen LogP) is 5.83. The number of ether oxygens (including phenoxy) is 3. The van der Waals surface area contributed by atoms with Gasteiger partial charge in [0.2, 0.25) is 5.91 Å². The van der Waals surface area contributed by atoms with E-state index in [4.69, 9.17) is 21.1 Å². The summed E-state index contributed by atoms with van der Waals surface area (Å²) in [4.78, 5) is 63.6. The number of aryl methyl sites for hydroxylation is 2. The van der Waals surface area contributed by atoms with Gasteiger partial charge in [-0.2, -0.15) is 0 Å². The van der Waals surface area contributed by atoms with Gasteiger partial charge in [0.15, 0.2) is 18.1 Å². The van der Waals surface area contributed by atoms with Gasteiger partial charge in [-0.05, 0) is 97.8 Å². The highest BCUT2D eigenvalue weighted by molar-refractivity contribution is 8.18. The molecule has 1 aliphatic heterocycles. The highest BCUT2D eigenvalue weighted by atomic mass is 35.5. The minimum absolute atomic E-state index is 0.0505. The van der Waals surface area contributed by atoms with Crippen LogP contribution in [0.1, 0.15) is 34.0 Å². The number of hydrogen-bond acceptors (Lipinski definition) is 9. The Labute approximate surface area is 268 Å². The van der Waals surface area contributed by atoms with E-state index >= 15 is 0 Å². The fraction of sp³-hybridized carbons (Fsp3) is 0.219. The van der Waals surface area contributed by atoms with Crippen molar-refractivity contribution in [3.05, 3.63) is 86.8 Å². The Morgan fingerprint density at radius 3 is 2.31 bits per heavy atom. The molecule has 3 aromatic rings. The normalized spacial score (nSPS) is 13.5. The first-order valence-electron chi connectivity index (χ1n) is 13.7. The maximum atomic E-state index is 13.0. The van der Waals surface area contributed by atoms with E-state index < -0.39 is 29.6 Å². The van der Waals surface area contributed by atoms with Crippen LogP contribution in [0.5, 0.6) is 11.5 Å². The number of nitrogens with one attached hydrogen (secondary N) is 2. The molecule has 1 aliphatic rings. The zero-order valence-corrected chi connectivity index (χ0v) is 26.5. The third-order valence-corrected chi connectivity index (χ3v) is 7.78. The first-order valence-corrected chi connectivity index (χ1v) is 14.9. The number of halogens is 1. The largest absolute Gasteiger partial charge is 0.490 e. The van der Waals surface area contributed by atoms with Crippen LogP contribution in [0.15, 0.2) is 59.5 Å². The molecular formula is C32H30ClN3O8S. The van der Waals surface area contributed by atoms with Gasteiger partial charge in [-0.15, -0.1) is 0 Å². The number of methoxy groups -OCH3 is 1. The maximum absolute atomic E-state index is 13.0. The van der Waals surface area contributed by atoms with Crippen LogP contribution in [-0.4, -0.2) is 60.7 Å². The average Bonchev–Trinajstić information content (AvgIpc) is 3.26. The number of carbonyl (C=O) groups excluding carboxylic acids is 5. The number of rotatable bonds is 11. The maximum Gasteiger partial charge on any atom is 0.339 e. The summed E-state index contributed by atoms with van der Waals surface area (Å²) in [5.41, 5.74) is 3.66. The van der Waals surface area contributed by atoms with E-state index in [1.165, 1.54) is 31.4 Å². The van der Waals surface area contributed by atoms with Gasteiger partial charge >= 0.3 is 5.97 Å². The summed E-state index contributed by atoms with van der Waals surface area (Å²) in [7, 11) is 1.20. The zero-order valence-electron chi connectivity index (χ0n) is 24.9. The van der Waals surface area contributed by atoms with Crippen LogP contribution in [0.4, 0.5) is 16.2 Å². The Balaban J connectivity index is 1.40. The van der Waals surface area contributed by atoms with E-state index in [9.17, 15) is 24.0 Å². The molecule has 0 aromatic heterocycles. The standard InChI is InChI=1S/C32H30ClN3O8S/c1-5-43-26-13-20(7-11-25(26)44-17-29(38)35-21-8-6-18(2)19(3)12-21)14-27-30(39)36(32(41)45-27)16-28(37)34-22-9-10-24(33)23(15-22)31(40)42-4/h6-15H,5,16-17H2,1-4H3,(H,34,37)(H,35,38)/b27-14+. The van der Waals surface area contributed by atoms with Crippen molar-refractivity contribution in [3.8, 4) is 11.5 Å². The molecule has 1 heterocycles. The number of hydrogen-bond donors (Lipinski definition) is 2. The molecule has 3 aromatic carbocycles. The summed E-state index contributed by atoms with van der Waals surface area (Å²) in [6.07, 6.45) is 1.50. The van der Waals surface area contributed by atoms with Crippen molar-refractivity contribution in [2.75, 3.05) is 37.5 Å². The summed E-state index contributed by atoms with van der Waals surface area (Å²) < 4.78 is 16.1. The topological polar surface area (TPSA) is 140 Å². The summed E-state index contributed by atoms with van der Waals surface area (Å²) >= 11 is 6.70. The molecule has 4 rings (SSSR count). The van der Waals surface area contributed by atoms with Crippen LogP contribution in [0, 0.1) is 13.8 Å². The van der Waals surface area contributed by atoms with E-state index in [-0.39, 0.29) is 33.7 Å². The summed E-state index contributed by atoms with van der Waals surface area (Å²) in [5.74, 6) is -1.66. The minimum atomic E-state index is -0.682. The Morgan fingerprint density at radius 2 is 1.60 bits per heavy atom. The van der Waals surface area contributed by atoms with Crippen LogP contribution in [0.25, 0.3) is 6.08 Å². The molecule has 0 radical (unpaired) electrons. The van der Waals surface area contributed by atoms with E-state index in [1.54, 1.807) is 25.1 Å². The zero-order chi connectivity index (χ0) is 32.7. The van der Waals surface area contributed by atoms with Crippen molar-refractivity contribution in [3.63, 3.8) is 0 Å². The highest BCUT2D eigenvalue weighted by Gasteiger charge is 2.36. The van der Waals surface area contributed by atoms with Crippen molar-refractivity contribution >= 4 is 69.7 Å². The van der Waals surface area contributed by atoms with Gasteiger partial charge in [0.25, 0.3) is 17.1 Å². The summed E-state index contributed by atoms with van der Waals surface area (Å²) in [5, 5.41) is 4.87. The number of benzene rings is 3. The first kappa shape index (κ1) is 33.1. The molecule has 0 unspecified atom stereocenters. The molecule has 45 heavy (non-hydrogen) atoms. The SMILES string of the molecule is CCOc1cc(/C=C2/SC(=O)N(CC(=O)Nc3ccc(Cl)c(C(=O)OC)c3)C2=O)ccc1OCC(=O)Nc1ccc(C)c(C)c1. The fourth-order valence-corrected chi connectivity index (χ4v) is 5.20. The van der Waals surface area contributed by atoms with Crippen molar-refractivity contribution in [1.82, 2.24) is 4.90 Å². The molecule has 2 N–H and O–H groups in total. The van der Waals surface area contributed by atoms with Crippen LogP contribution in [0.3, 0.4) is 0 Å². The van der Waals surface area contributed by atoms with E-state index in [2.05, 4.69) is 15.4 Å². The monoisotopic (exact) mass is 651 g/mol. The molecule has 11 nitrogen and oxygen atoms in total. The number of amides is 4. The van der Waals surface area contributed by atoms with Crippen LogP contribution < -0.4 is 20.1 Å². The summed E-state index contributed by atoms with van der Waals surface area (Å²) in [6.45, 7) is 5.25. The third-order valence-electron chi connectivity index (χ3n) is 6.55. The van der Waals surface area contributed by atoms with Gasteiger partial charge in [-0.1, -0.05) is 23.7 Å². The smallest absolute Gasteiger partial charge is 0.339 e. The van der Waals surface area contributed by atoms with Gasteiger partial charge in [-0.25, -0.2) is 4.79 Å². The molecule has 0 saturated carbocycles. The summed E-state index contributed by atoms with van der Waals surface area (Å²) in [6, 6.07) is 14.7.